The summed E-state index contributed by atoms with van der Waals surface area (Å²) in [6.07, 6.45) is 3.46. The first-order valence-corrected chi connectivity index (χ1v) is 9.59. The van der Waals surface area contributed by atoms with Crippen molar-refractivity contribution in [2.24, 2.45) is 0 Å². The number of pyridine rings is 1. The average Bonchev–Trinajstić information content (AvgIpc) is 3.20. The first kappa shape index (κ1) is 16.7. The van der Waals surface area contributed by atoms with Crippen molar-refractivity contribution in [1.29, 1.82) is 0 Å². The first-order chi connectivity index (χ1) is 12.5. The number of nitrogens with one attached hydrogen (secondary N) is 1. The van der Waals surface area contributed by atoms with Crippen LogP contribution >= 0.6 is 22.7 Å². The Morgan fingerprint density at radius 1 is 1.08 bits per heavy atom. The molecule has 0 aliphatic heterocycles. The van der Waals surface area contributed by atoms with Crippen LogP contribution in [0.1, 0.15) is 26.8 Å². The molecule has 1 N–H and O–H groups in total. The van der Waals surface area contributed by atoms with Crippen molar-refractivity contribution in [3.05, 3.63) is 52.6 Å². The van der Waals surface area contributed by atoms with E-state index in [0.29, 0.717) is 15.8 Å². The second-order valence-electron chi connectivity index (χ2n) is 5.79. The molecule has 4 rings (SSSR count). The number of fused-ring (bicyclic) bond motifs is 1. The Hall–Kier alpha value is -2.71. The Balaban J connectivity index is 1.63. The molecule has 130 valence electrons. The van der Waals surface area contributed by atoms with E-state index >= 15 is 0 Å². The highest BCUT2D eigenvalue weighted by Gasteiger charge is 2.19. The van der Waals surface area contributed by atoms with E-state index < -0.39 is 0 Å². The SMILES string of the molecule is Cc1nc(C)c2c(C)c(C(=O)Nc3ncc(-c4ccccn4)s3)sc2n1. The minimum atomic E-state index is -0.176. The molecule has 4 aromatic heterocycles. The van der Waals surface area contributed by atoms with Crippen molar-refractivity contribution in [3.8, 4) is 10.6 Å². The van der Waals surface area contributed by atoms with E-state index in [0.717, 1.165) is 32.0 Å². The number of thiazole rings is 1. The van der Waals surface area contributed by atoms with Gasteiger partial charge in [-0.2, -0.15) is 0 Å². The predicted octanol–water partition coefficient (Wildman–Crippen LogP) is 4.39. The van der Waals surface area contributed by atoms with Gasteiger partial charge in [-0.3, -0.25) is 15.1 Å². The number of hydrogen-bond donors (Lipinski definition) is 1. The van der Waals surface area contributed by atoms with Crippen LogP contribution in [0.4, 0.5) is 5.13 Å². The fourth-order valence-electron chi connectivity index (χ4n) is 2.80. The molecule has 0 aliphatic rings. The lowest BCUT2D eigenvalue weighted by atomic mass is 10.1. The maximum absolute atomic E-state index is 12.7. The molecule has 4 aromatic rings. The number of nitrogens with zero attached hydrogens (tertiary/aromatic N) is 4. The summed E-state index contributed by atoms with van der Waals surface area (Å²) >= 11 is 2.78. The molecule has 4 heterocycles. The largest absolute Gasteiger partial charge is 0.297 e. The number of aryl methyl sites for hydroxylation is 3. The van der Waals surface area contributed by atoms with Gasteiger partial charge in [0.2, 0.25) is 0 Å². The zero-order valence-electron chi connectivity index (χ0n) is 14.4. The zero-order chi connectivity index (χ0) is 18.3. The Kier molecular flexibility index (Phi) is 4.21. The Morgan fingerprint density at radius 2 is 1.92 bits per heavy atom. The number of amides is 1. The van der Waals surface area contributed by atoms with Gasteiger partial charge in [-0.1, -0.05) is 17.4 Å². The maximum Gasteiger partial charge on any atom is 0.267 e. The number of aromatic nitrogens is 4. The van der Waals surface area contributed by atoms with Crippen LogP contribution in [0.3, 0.4) is 0 Å². The van der Waals surface area contributed by atoms with Crippen LogP contribution in [0.2, 0.25) is 0 Å². The molecule has 8 heteroatoms. The van der Waals surface area contributed by atoms with E-state index in [4.69, 9.17) is 0 Å². The number of carbonyl (C=O) groups is 1. The second kappa shape index (κ2) is 6.54. The lowest BCUT2D eigenvalue weighted by Crippen LogP contribution is -2.11. The molecule has 0 saturated carbocycles. The van der Waals surface area contributed by atoms with Gasteiger partial charge >= 0.3 is 0 Å². The highest BCUT2D eigenvalue weighted by Crippen LogP contribution is 2.33. The maximum atomic E-state index is 12.7. The molecular formula is C18H15N5OS2. The third kappa shape index (κ3) is 2.97. The lowest BCUT2D eigenvalue weighted by molar-refractivity contribution is 0.103. The highest BCUT2D eigenvalue weighted by atomic mass is 32.1. The van der Waals surface area contributed by atoms with Crippen molar-refractivity contribution in [1.82, 2.24) is 19.9 Å². The molecule has 0 atom stereocenters. The van der Waals surface area contributed by atoms with Crippen LogP contribution in [0, 0.1) is 20.8 Å². The third-order valence-electron chi connectivity index (χ3n) is 3.93. The predicted molar refractivity (Wildman–Crippen MR) is 105 cm³/mol. The van der Waals surface area contributed by atoms with Gasteiger partial charge in [0, 0.05) is 23.5 Å². The van der Waals surface area contributed by atoms with Crippen LogP contribution in [0.25, 0.3) is 20.8 Å². The smallest absolute Gasteiger partial charge is 0.267 e. The van der Waals surface area contributed by atoms with Crippen LogP contribution in [-0.2, 0) is 0 Å². The standard InChI is InChI=1S/C18H15N5OS2/c1-9-14-10(2)21-11(3)22-17(14)26-15(9)16(24)23-18-20-8-13(25-18)12-6-4-5-7-19-12/h4-8H,1-3H3,(H,20,23,24). The number of thiophene rings is 1. The quantitative estimate of drug-likeness (QED) is 0.569. The summed E-state index contributed by atoms with van der Waals surface area (Å²) in [6.45, 7) is 5.73. The van der Waals surface area contributed by atoms with E-state index in [1.807, 2.05) is 39.0 Å². The topological polar surface area (TPSA) is 80.7 Å². The van der Waals surface area contributed by atoms with Crippen LogP contribution in [0.15, 0.2) is 30.6 Å². The molecular weight excluding hydrogens is 366 g/mol. The molecule has 0 bridgehead atoms. The van der Waals surface area contributed by atoms with Crippen LogP contribution in [0.5, 0.6) is 0 Å². The second-order valence-corrected chi connectivity index (χ2v) is 7.82. The van der Waals surface area contributed by atoms with Crippen molar-refractivity contribution in [3.63, 3.8) is 0 Å². The fourth-order valence-corrected chi connectivity index (χ4v) is 4.76. The molecule has 0 aliphatic carbocycles. The van der Waals surface area contributed by atoms with Gasteiger partial charge in [-0.05, 0) is 38.5 Å². The van der Waals surface area contributed by atoms with E-state index in [-0.39, 0.29) is 5.91 Å². The Labute approximate surface area is 158 Å². The van der Waals surface area contributed by atoms with Crippen molar-refractivity contribution >= 4 is 43.9 Å². The number of hydrogen-bond acceptors (Lipinski definition) is 7. The molecule has 0 unspecified atom stereocenters. The molecule has 0 aromatic carbocycles. The van der Waals surface area contributed by atoms with E-state index in [1.54, 1.807) is 12.4 Å². The van der Waals surface area contributed by atoms with Crippen LogP contribution < -0.4 is 5.32 Å². The van der Waals surface area contributed by atoms with Gasteiger partial charge in [0.05, 0.1) is 15.4 Å². The van der Waals surface area contributed by atoms with Gasteiger partial charge in [0.1, 0.15) is 10.7 Å². The summed E-state index contributed by atoms with van der Waals surface area (Å²) < 4.78 is 0. The molecule has 26 heavy (non-hydrogen) atoms. The Bertz CT molecular complexity index is 1120. The van der Waals surface area contributed by atoms with Crippen molar-refractivity contribution in [2.45, 2.75) is 20.8 Å². The number of rotatable bonds is 3. The monoisotopic (exact) mass is 381 g/mol. The molecule has 0 radical (unpaired) electrons. The first-order valence-electron chi connectivity index (χ1n) is 7.96. The normalized spacial score (nSPS) is 11.0. The van der Waals surface area contributed by atoms with E-state index in [2.05, 4.69) is 25.3 Å². The summed E-state index contributed by atoms with van der Waals surface area (Å²) in [7, 11) is 0. The number of anilines is 1. The van der Waals surface area contributed by atoms with Gasteiger partial charge in [0.25, 0.3) is 5.91 Å². The highest BCUT2D eigenvalue weighted by molar-refractivity contribution is 7.21. The number of carbonyl (C=O) groups excluding carboxylic acids is 1. The average molecular weight is 381 g/mol. The minimum absolute atomic E-state index is 0.176. The van der Waals surface area contributed by atoms with Gasteiger partial charge < -0.3 is 0 Å². The molecule has 0 spiro atoms. The summed E-state index contributed by atoms with van der Waals surface area (Å²) in [4.78, 5) is 32.6. The third-order valence-corrected chi connectivity index (χ3v) is 6.05. The molecule has 0 saturated heterocycles. The van der Waals surface area contributed by atoms with Crippen molar-refractivity contribution < 1.29 is 4.79 Å². The lowest BCUT2D eigenvalue weighted by Gasteiger charge is -2.01. The zero-order valence-corrected chi connectivity index (χ0v) is 16.0. The van der Waals surface area contributed by atoms with Gasteiger partial charge in [-0.25, -0.2) is 15.0 Å². The molecule has 1 amide bonds. The van der Waals surface area contributed by atoms with Crippen molar-refractivity contribution in [2.75, 3.05) is 5.32 Å². The van der Waals surface area contributed by atoms with Gasteiger partial charge in [0.15, 0.2) is 5.13 Å². The van der Waals surface area contributed by atoms with Gasteiger partial charge in [-0.15, -0.1) is 11.3 Å². The van der Waals surface area contributed by atoms with E-state index in [1.165, 1.54) is 22.7 Å². The van der Waals surface area contributed by atoms with Crippen LogP contribution in [-0.4, -0.2) is 25.8 Å². The summed E-state index contributed by atoms with van der Waals surface area (Å²) in [5.41, 5.74) is 2.64. The fraction of sp³-hybridized carbons (Fsp3) is 0.167. The summed E-state index contributed by atoms with van der Waals surface area (Å²) in [6, 6.07) is 5.70. The van der Waals surface area contributed by atoms with E-state index in [9.17, 15) is 4.79 Å². The molecule has 6 nitrogen and oxygen atoms in total. The molecule has 0 fully saturated rings. The minimum Gasteiger partial charge on any atom is -0.297 e. The summed E-state index contributed by atoms with van der Waals surface area (Å²) in [5.74, 6) is 0.535. The summed E-state index contributed by atoms with van der Waals surface area (Å²) in [5, 5.41) is 4.39. The Morgan fingerprint density at radius 3 is 2.69 bits per heavy atom.